The molecule has 2 nitrogen and oxygen atoms in total. The fourth-order valence-electron chi connectivity index (χ4n) is 2.01. The van der Waals surface area contributed by atoms with E-state index < -0.39 is 0 Å². The SMILES string of the molecule is CN(Cc1cccc(Cl)c1)Cc1ccc(Br)c(N)c1. The van der Waals surface area contributed by atoms with Gasteiger partial charge < -0.3 is 5.73 Å². The molecule has 2 aromatic carbocycles. The Morgan fingerprint density at radius 3 is 2.42 bits per heavy atom. The molecule has 0 bridgehead atoms. The molecule has 0 aliphatic carbocycles. The zero-order valence-electron chi connectivity index (χ0n) is 10.7. The highest BCUT2D eigenvalue weighted by atomic mass is 79.9. The van der Waals surface area contributed by atoms with Gasteiger partial charge in [-0.1, -0.05) is 29.8 Å². The van der Waals surface area contributed by atoms with E-state index in [-0.39, 0.29) is 0 Å². The summed E-state index contributed by atoms with van der Waals surface area (Å²) in [4.78, 5) is 2.23. The standard InChI is InChI=1S/C15H16BrClN2/c1-19(9-11-3-2-4-13(17)7-11)10-12-5-6-14(16)15(18)8-12/h2-8H,9-10,18H2,1H3. The minimum Gasteiger partial charge on any atom is -0.398 e. The van der Waals surface area contributed by atoms with Gasteiger partial charge in [0.1, 0.15) is 0 Å². The molecule has 4 heteroatoms. The smallest absolute Gasteiger partial charge is 0.0461 e. The number of anilines is 1. The summed E-state index contributed by atoms with van der Waals surface area (Å²) >= 11 is 9.39. The van der Waals surface area contributed by atoms with Crippen molar-refractivity contribution in [1.82, 2.24) is 4.90 Å². The van der Waals surface area contributed by atoms with Crippen molar-refractivity contribution in [2.75, 3.05) is 12.8 Å². The molecule has 0 saturated carbocycles. The normalized spacial score (nSPS) is 10.9. The molecule has 0 radical (unpaired) electrons. The average molecular weight is 340 g/mol. The fourth-order valence-corrected chi connectivity index (χ4v) is 2.47. The van der Waals surface area contributed by atoms with E-state index in [1.165, 1.54) is 11.1 Å². The third-order valence-electron chi connectivity index (χ3n) is 2.85. The Morgan fingerprint density at radius 2 is 1.79 bits per heavy atom. The number of hydrogen-bond acceptors (Lipinski definition) is 2. The molecule has 0 atom stereocenters. The van der Waals surface area contributed by atoms with Crippen LogP contribution < -0.4 is 5.73 Å². The topological polar surface area (TPSA) is 29.3 Å². The van der Waals surface area contributed by atoms with Crippen molar-refractivity contribution in [2.45, 2.75) is 13.1 Å². The highest BCUT2D eigenvalue weighted by Crippen LogP contribution is 2.21. The first kappa shape index (κ1) is 14.4. The predicted octanol–water partition coefficient (Wildman–Crippen LogP) is 4.32. The van der Waals surface area contributed by atoms with Crippen LogP contribution in [0.15, 0.2) is 46.9 Å². The second kappa shape index (κ2) is 6.42. The van der Waals surface area contributed by atoms with Crippen molar-refractivity contribution in [1.29, 1.82) is 0 Å². The first-order chi connectivity index (χ1) is 9.04. The van der Waals surface area contributed by atoms with Gasteiger partial charge in [0.05, 0.1) is 0 Å². The van der Waals surface area contributed by atoms with Crippen LogP contribution in [0.1, 0.15) is 11.1 Å². The summed E-state index contributed by atoms with van der Waals surface area (Å²) in [5.74, 6) is 0. The third kappa shape index (κ3) is 4.23. The third-order valence-corrected chi connectivity index (χ3v) is 3.81. The molecule has 0 fully saturated rings. The van der Waals surface area contributed by atoms with Crippen LogP contribution in [0.5, 0.6) is 0 Å². The monoisotopic (exact) mass is 338 g/mol. The Hall–Kier alpha value is -1.03. The summed E-state index contributed by atoms with van der Waals surface area (Å²) in [5, 5.41) is 0.777. The molecule has 2 aromatic rings. The van der Waals surface area contributed by atoms with Crippen molar-refractivity contribution in [2.24, 2.45) is 0 Å². The molecular formula is C15H16BrClN2. The highest BCUT2D eigenvalue weighted by Gasteiger charge is 2.04. The van der Waals surface area contributed by atoms with Crippen molar-refractivity contribution in [3.8, 4) is 0 Å². The van der Waals surface area contributed by atoms with Crippen LogP contribution in [-0.2, 0) is 13.1 Å². The van der Waals surface area contributed by atoms with Gasteiger partial charge in [-0.05, 0) is 58.4 Å². The van der Waals surface area contributed by atoms with Crippen molar-refractivity contribution >= 4 is 33.2 Å². The lowest BCUT2D eigenvalue weighted by Crippen LogP contribution is -2.17. The average Bonchev–Trinajstić information content (AvgIpc) is 2.34. The number of hydrogen-bond donors (Lipinski definition) is 1. The Kier molecular flexibility index (Phi) is 4.86. The summed E-state index contributed by atoms with van der Waals surface area (Å²) in [6.07, 6.45) is 0. The van der Waals surface area contributed by atoms with Gasteiger partial charge in [0.2, 0.25) is 0 Å². The lowest BCUT2D eigenvalue weighted by atomic mass is 10.1. The Morgan fingerprint density at radius 1 is 1.11 bits per heavy atom. The van der Waals surface area contributed by atoms with Crippen LogP contribution in [-0.4, -0.2) is 11.9 Å². The van der Waals surface area contributed by atoms with E-state index in [0.29, 0.717) is 0 Å². The summed E-state index contributed by atoms with van der Waals surface area (Å²) in [5.41, 5.74) is 9.07. The molecule has 2 rings (SSSR count). The van der Waals surface area contributed by atoms with E-state index in [0.717, 1.165) is 28.3 Å². The Bertz CT molecular complexity index is 572. The molecule has 0 aliphatic heterocycles. The molecular weight excluding hydrogens is 324 g/mol. The molecule has 0 heterocycles. The lowest BCUT2D eigenvalue weighted by molar-refractivity contribution is 0.319. The van der Waals surface area contributed by atoms with Gasteiger partial charge in [-0.25, -0.2) is 0 Å². The summed E-state index contributed by atoms with van der Waals surface area (Å²) in [6, 6.07) is 14.0. The largest absolute Gasteiger partial charge is 0.398 e. The van der Waals surface area contributed by atoms with Crippen LogP contribution >= 0.6 is 27.5 Å². The number of nitrogens with zero attached hydrogens (tertiary/aromatic N) is 1. The second-order valence-electron chi connectivity index (χ2n) is 4.66. The van der Waals surface area contributed by atoms with Gasteiger partial charge in [-0.2, -0.15) is 0 Å². The first-order valence-electron chi connectivity index (χ1n) is 6.01. The van der Waals surface area contributed by atoms with E-state index >= 15 is 0 Å². The van der Waals surface area contributed by atoms with Crippen molar-refractivity contribution in [3.63, 3.8) is 0 Å². The van der Waals surface area contributed by atoms with E-state index in [4.69, 9.17) is 17.3 Å². The molecule has 19 heavy (non-hydrogen) atoms. The van der Waals surface area contributed by atoms with E-state index in [1.54, 1.807) is 0 Å². The lowest BCUT2D eigenvalue weighted by Gasteiger charge is -2.17. The van der Waals surface area contributed by atoms with Gasteiger partial charge in [-0.15, -0.1) is 0 Å². The molecule has 2 N–H and O–H groups in total. The zero-order chi connectivity index (χ0) is 13.8. The maximum absolute atomic E-state index is 5.99. The van der Waals surface area contributed by atoms with Crippen molar-refractivity contribution in [3.05, 3.63) is 63.1 Å². The van der Waals surface area contributed by atoms with Crippen LogP contribution in [0.4, 0.5) is 5.69 Å². The minimum absolute atomic E-state index is 0.772. The molecule has 0 aromatic heterocycles. The molecule has 100 valence electrons. The molecule has 0 amide bonds. The number of halogens is 2. The molecule has 0 spiro atoms. The van der Waals surface area contributed by atoms with E-state index in [1.807, 2.05) is 30.3 Å². The summed E-state index contributed by atoms with van der Waals surface area (Å²) in [6.45, 7) is 1.71. The van der Waals surface area contributed by atoms with Gasteiger partial charge in [0.25, 0.3) is 0 Å². The quantitative estimate of drug-likeness (QED) is 0.841. The van der Waals surface area contributed by atoms with Crippen LogP contribution in [0.25, 0.3) is 0 Å². The number of nitrogens with two attached hydrogens (primary N) is 1. The maximum atomic E-state index is 5.99. The van der Waals surface area contributed by atoms with Crippen LogP contribution in [0.3, 0.4) is 0 Å². The number of benzene rings is 2. The Labute approximate surface area is 127 Å². The van der Waals surface area contributed by atoms with Gasteiger partial charge in [-0.3, -0.25) is 4.90 Å². The van der Waals surface area contributed by atoms with Crippen LogP contribution in [0.2, 0.25) is 5.02 Å². The van der Waals surface area contributed by atoms with E-state index in [9.17, 15) is 0 Å². The summed E-state index contributed by atoms with van der Waals surface area (Å²) < 4.78 is 0.939. The molecule has 0 unspecified atom stereocenters. The Balaban J connectivity index is 2.01. The number of rotatable bonds is 4. The van der Waals surface area contributed by atoms with Crippen LogP contribution in [0, 0.1) is 0 Å². The first-order valence-corrected chi connectivity index (χ1v) is 7.18. The van der Waals surface area contributed by atoms with Gasteiger partial charge >= 0.3 is 0 Å². The second-order valence-corrected chi connectivity index (χ2v) is 5.95. The minimum atomic E-state index is 0.772. The van der Waals surface area contributed by atoms with Gasteiger partial charge in [0.15, 0.2) is 0 Å². The summed E-state index contributed by atoms with van der Waals surface area (Å²) in [7, 11) is 2.08. The molecule has 0 aliphatic rings. The fraction of sp³-hybridized carbons (Fsp3) is 0.200. The zero-order valence-corrected chi connectivity index (χ0v) is 13.1. The van der Waals surface area contributed by atoms with Gasteiger partial charge in [0, 0.05) is 28.3 Å². The maximum Gasteiger partial charge on any atom is 0.0461 e. The number of nitrogen functional groups attached to an aromatic ring is 1. The highest BCUT2D eigenvalue weighted by molar-refractivity contribution is 9.10. The van der Waals surface area contributed by atoms with Crippen molar-refractivity contribution < 1.29 is 0 Å². The predicted molar refractivity (Wildman–Crippen MR) is 85.2 cm³/mol. The van der Waals surface area contributed by atoms with E-state index in [2.05, 4.69) is 40.0 Å². The molecule has 0 saturated heterocycles.